The molecule has 0 radical (unpaired) electrons. The molecule has 1 aromatic rings. The number of carboxylic acid groups (broad SMARTS) is 1. The number of nitrogens with one attached hydrogen (secondary N) is 1. The van der Waals surface area contributed by atoms with Crippen molar-refractivity contribution in [2.75, 3.05) is 26.4 Å². The standard InChI is InChI=1S/C24H34NO9P/c1-3-32-35(30,33-4-2)34-15-9-8-14-31-24(29)22-20(25-16-18-10-6-5-7-11-18)13-12-19(17-26)21(22)23(27)28/h5-7,10-13,17,19-22,25H,3-4,8-9,14-16H2,1-2H3,(H,27,28). The molecule has 0 heterocycles. The lowest BCUT2D eigenvalue weighted by atomic mass is 9.73. The Morgan fingerprint density at radius 1 is 1.00 bits per heavy atom. The maximum Gasteiger partial charge on any atom is 0.474 e. The molecular formula is C24H34NO9P. The summed E-state index contributed by atoms with van der Waals surface area (Å²) in [6, 6.07) is 8.85. The number of allylic oxidation sites excluding steroid dienone is 1. The monoisotopic (exact) mass is 511 g/mol. The van der Waals surface area contributed by atoms with Gasteiger partial charge in [-0.2, -0.15) is 0 Å². The summed E-state index contributed by atoms with van der Waals surface area (Å²) in [7, 11) is -3.60. The number of aliphatic carboxylic acids is 1. The summed E-state index contributed by atoms with van der Waals surface area (Å²) >= 11 is 0. The largest absolute Gasteiger partial charge is 0.481 e. The Labute approximate surface area is 205 Å². The van der Waals surface area contributed by atoms with Gasteiger partial charge in [-0.3, -0.25) is 23.2 Å². The fraction of sp³-hybridized carbons (Fsp3) is 0.542. The number of phosphoric acid groups is 1. The lowest BCUT2D eigenvalue weighted by molar-refractivity contribution is -0.161. The minimum atomic E-state index is -3.60. The van der Waals surface area contributed by atoms with Crippen molar-refractivity contribution in [1.82, 2.24) is 5.32 Å². The molecule has 0 fully saturated rings. The Morgan fingerprint density at radius 3 is 2.26 bits per heavy atom. The van der Waals surface area contributed by atoms with Gasteiger partial charge in [-0.25, -0.2) is 4.57 Å². The molecule has 10 nitrogen and oxygen atoms in total. The molecule has 4 atom stereocenters. The zero-order chi connectivity index (χ0) is 25.7. The number of benzene rings is 1. The Bertz CT molecular complexity index is 882. The number of ether oxygens (including phenoxy) is 1. The van der Waals surface area contributed by atoms with Crippen molar-refractivity contribution in [3.8, 4) is 0 Å². The molecule has 0 bridgehead atoms. The predicted octanol–water partition coefficient (Wildman–Crippen LogP) is 3.37. The number of hydrogen-bond donors (Lipinski definition) is 2. The number of hydrogen-bond acceptors (Lipinski definition) is 9. The van der Waals surface area contributed by atoms with Crippen LogP contribution < -0.4 is 5.32 Å². The van der Waals surface area contributed by atoms with Gasteiger partial charge in [-0.05, 0) is 32.3 Å². The summed E-state index contributed by atoms with van der Waals surface area (Å²) in [5, 5.41) is 13.0. The van der Waals surface area contributed by atoms with Gasteiger partial charge in [0.25, 0.3) is 0 Å². The fourth-order valence-electron chi connectivity index (χ4n) is 3.80. The zero-order valence-corrected chi connectivity index (χ0v) is 20.9. The van der Waals surface area contributed by atoms with Gasteiger partial charge in [-0.1, -0.05) is 42.5 Å². The van der Waals surface area contributed by atoms with Crippen LogP contribution in [-0.2, 0) is 43.8 Å². The molecule has 35 heavy (non-hydrogen) atoms. The third-order valence-electron chi connectivity index (χ3n) is 5.44. The van der Waals surface area contributed by atoms with E-state index >= 15 is 0 Å². The average Bonchev–Trinajstić information content (AvgIpc) is 2.84. The molecule has 2 N–H and O–H groups in total. The molecule has 11 heteroatoms. The summed E-state index contributed by atoms with van der Waals surface area (Å²) < 4.78 is 33.0. The molecule has 0 saturated carbocycles. The molecule has 1 aliphatic rings. The number of unbranched alkanes of at least 4 members (excludes halogenated alkanes) is 1. The molecule has 1 aromatic carbocycles. The fourth-order valence-corrected chi connectivity index (χ4v) is 5.00. The Morgan fingerprint density at radius 2 is 1.66 bits per heavy atom. The van der Waals surface area contributed by atoms with Gasteiger partial charge in [0.1, 0.15) is 6.29 Å². The van der Waals surface area contributed by atoms with Crippen molar-refractivity contribution in [1.29, 1.82) is 0 Å². The molecule has 1 aliphatic carbocycles. The van der Waals surface area contributed by atoms with Crippen LogP contribution in [0.2, 0.25) is 0 Å². The van der Waals surface area contributed by atoms with E-state index in [-0.39, 0.29) is 26.4 Å². The first kappa shape index (κ1) is 28.9. The molecule has 0 spiro atoms. The first-order valence-electron chi connectivity index (χ1n) is 11.7. The highest BCUT2D eigenvalue weighted by atomic mass is 31.2. The number of rotatable bonds is 16. The lowest BCUT2D eigenvalue weighted by Crippen LogP contribution is -2.50. The Hall–Kier alpha value is -2.36. The van der Waals surface area contributed by atoms with Crippen LogP contribution in [0.4, 0.5) is 0 Å². The van der Waals surface area contributed by atoms with E-state index < -0.39 is 43.6 Å². The molecule has 2 rings (SSSR count). The summed E-state index contributed by atoms with van der Waals surface area (Å²) in [4.78, 5) is 36.4. The average molecular weight is 512 g/mol. The van der Waals surface area contributed by atoms with Gasteiger partial charge in [0.15, 0.2) is 0 Å². The summed E-state index contributed by atoms with van der Waals surface area (Å²) in [5.41, 5.74) is 0.966. The first-order chi connectivity index (χ1) is 16.8. The van der Waals surface area contributed by atoms with Crippen LogP contribution in [0.25, 0.3) is 0 Å². The van der Waals surface area contributed by atoms with Crippen molar-refractivity contribution in [3.63, 3.8) is 0 Å². The molecule has 4 unspecified atom stereocenters. The van der Waals surface area contributed by atoms with Crippen molar-refractivity contribution in [2.45, 2.75) is 39.3 Å². The number of carboxylic acids is 1. The van der Waals surface area contributed by atoms with Gasteiger partial charge in [0, 0.05) is 18.5 Å². The second-order valence-electron chi connectivity index (χ2n) is 7.87. The minimum Gasteiger partial charge on any atom is -0.481 e. The molecule has 0 aromatic heterocycles. The molecule has 0 aliphatic heterocycles. The number of carbonyl (C=O) groups is 3. The predicted molar refractivity (Wildman–Crippen MR) is 127 cm³/mol. The highest BCUT2D eigenvalue weighted by Gasteiger charge is 2.46. The third-order valence-corrected chi connectivity index (χ3v) is 7.08. The summed E-state index contributed by atoms with van der Waals surface area (Å²) in [6.07, 6.45) is 4.51. The smallest absolute Gasteiger partial charge is 0.474 e. The maximum absolute atomic E-state index is 13.0. The highest BCUT2D eigenvalue weighted by molar-refractivity contribution is 7.48. The van der Waals surface area contributed by atoms with E-state index in [1.165, 1.54) is 6.08 Å². The number of carbonyl (C=O) groups excluding carboxylic acids is 2. The number of aldehydes is 1. The second-order valence-corrected chi connectivity index (χ2v) is 9.54. The zero-order valence-electron chi connectivity index (χ0n) is 20.0. The van der Waals surface area contributed by atoms with Crippen LogP contribution in [0.5, 0.6) is 0 Å². The third kappa shape index (κ3) is 8.98. The summed E-state index contributed by atoms with van der Waals surface area (Å²) in [6.45, 7) is 4.21. The van der Waals surface area contributed by atoms with Crippen LogP contribution in [0, 0.1) is 17.8 Å². The van der Waals surface area contributed by atoms with Crippen LogP contribution in [0.3, 0.4) is 0 Å². The van der Waals surface area contributed by atoms with Gasteiger partial charge >= 0.3 is 19.8 Å². The molecular weight excluding hydrogens is 477 g/mol. The highest BCUT2D eigenvalue weighted by Crippen LogP contribution is 2.49. The van der Waals surface area contributed by atoms with E-state index in [1.807, 2.05) is 30.3 Å². The quantitative estimate of drug-likeness (QED) is 0.112. The number of phosphoric ester groups is 1. The summed E-state index contributed by atoms with van der Waals surface area (Å²) in [5.74, 6) is -5.20. The molecule has 0 amide bonds. The Balaban J connectivity index is 1.95. The van der Waals surface area contributed by atoms with E-state index in [2.05, 4.69) is 5.32 Å². The van der Waals surface area contributed by atoms with Crippen LogP contribution in [-0.4, -0.2) is 55.8 Å². The van der Waals surface area contributed by atoms with E-state index in [0.29, 0.717) is 25.7 Å². The van der Waals surface area contributed by atoms with Gasteiger partial charge in [0.05, 0.1) is 38.3 Å². The molecule has 194 valence electrons. The van der Waals surface area contributed by atoms with E-state index in [9.17, 15) is 24.1 Å². The minimum absolute atomic E-state index is 0.0134. The van der Waals surface area contributed by atoms with Crippen molar-refractivity contribution in [3.05, 3.63) is 48.0 Å². The van der Waals surface area contributed by atoms with E-state index in [4.69, 9.17) is 18.3 Å². The first-order valence-corrected chi connectivity index (χ1v) is 13.1. The normalized spacial score (nSPS) is 22.0. The van der Waals surface area contributed by atoms with Crippen LogP contribution in [0.1, 0.15) is 32.3 Å². The maximum atomic E-state index is 13.0. The topological polar surface area (TPSA) is 137 Å². The van der Waals surface area contributed by atoms with E-state index in [0.717, 1.165) is 5.56 Å². The second kappa shape index (κ2) is 14.9. The van der Waals surface area contributed by atoms with Crippen molar-refractivity contribution in [2.24, 2.45) is 17.8 Å². The van der Waals surface area contributed by atoms with Gasteiger partial charge in [-0.15, -0.1) is 0 Å². The van der Waals surface area contributed by atoms with Crippen molar-refractivity contribution < 1.29 is 42.4 Å². The van der Waals surface area contributed by atoms with Gasteiger partial charge in [0.2, 0.25) is 0 Å². The van der Waals surface area contributed by atoms with Gasteiger partial charge < -0.3 is 20.0 Å². The number of esters is 1. The SMILES string of the molecule is CCOP(=O)(OCC)OCCCCOC(=O)C1C(NCc2ccccc2)C=CC(C=O)C1C(=O)O. The lowest BCUT2D eigenvalue weighted by Gasteiger charge is -2.34. The van der Waals surface area contributed by atoms with Crippen LogP contribution in [0.15, 0.2) is 42.5 Å². The van der Waals surface area contributed by atoms with Crippen LogP contribution >= 0.6 is 7.82 Å². The van der Waals surface area contributed by atoms with Crippen molar-refractivity contribution >= 4 is 26.0 Å². The molecule has 0 saturated heterocycles. The Kier molecular flexibility index (Phi) is 12.3. The van der Waals surface area contributed by atoms with E-state index in [1.54, 1.807) is 19.9 Å².